The van der Waals surface area contributed by atoms with E-state index in [1.807, 2.05) is 43.5 Å². The van der Waals surface area contributed by atoms with Crippen molar-refractivity contribution in [1.29, 1.82) is 0 Å². The first-order valence-electron chi connectivity index (χ1n) is 14.0. The molecule has 3 aliphatic heterocycles. The van der Waals surface area contributed by atoms with Gasteiger partial charge in [-0.25, -0.2) is 9.67 Å². The van der Waals surface area contributed by atoms with Crippen LogP contribution >= 0.6 is 0 Å². The Morgan fingerprint density at radius 2 is 2.00 bits per heavy atom. The van der Waals surface area contributed by atoms with E-state index in [-0.39, 0.29) is 5.91 Å². The molecule has 0 aromatic carbocycles. The third-order valence-corrected chi connectivity index (χ3v) is 8.47. The summed E-state index contributed by atoms with van der Waals surface area (Å²) in [5.41, 5.74) is 6.35. The highest BCUT2D eigenvalue weighted by Crippen LogP contribution is 2.41. The highest BCUT2D eigenvalue weighted by atomic mass is 16.5. The summed E-state index contributed by atoms with van der Waals surface area (Å²) < 4.78 is 9.64. The largest absolute Gasteiger partial charge is 0.485 e. The number of rotatable bonds is 5. The van der Waals surface area contributed by atoms with Crippen molar-refractivity contribution in [1.82, 2.24) is 39.3 Å². The normalized spacial score (nSPS) is 17.6. The Kier molecular flexibility index (Phi) is 6.30. The van der Waals surface area contributed by atoms with Crippen LogP contribution in [0, 0.1) is 6.92 Å². The lowest BCUT2D eigenvalue weighted by Crippen LogP contribution is -2.55. The van der Waals surface area contributed by atoms with Gasteiger partial charge in [0.2, 0.25) is 0 Å². The molecule has 1 amide bonds. The van der Waals surface area contributed by atoms with Gasteiger partial charge < -0.3 is 15.0 Å². The van der Waals surface area contributed by atoms with Crippen LogP contribution < -0.4 is 10.1 Å². The minimum absolute atomic E-state index is 0.0448. The predicted octanol–water partition coefficient (Wildman–Crippen LogP) is 3.58. The van der Waals surface area contributed by atoms with Crippen molar-refractivity contribution >= 4 is 23.1 Å². The molecule has 0 radical (unpaired) electrons. The molecule has 0 atom stereocenters. The number of hydrogen-bond donors (Lipinski definition) is 1. The first kappa shape index (κ1) is 25.5. The van der Waals surface area contributed by atoms with Gasteiger partial charge in [-0.1, -0.05) is 6.58 Å². The number of nitrogens with one attached hydrogen (secondary N) is 1. The zero-order valence-corrected chi connectivity index (χ0v) is 23.3. The van der Waals surface area contributed by atoms with Crippen LogP contribution in [0.15, 0.2) is 55.8 Å². The fraction of sp³-hybridized carbons (Fsp3) is 0.367. The van der Waals surface area contributed by atoms with Crippen LogP contribution in [0.4, 0.5) is 11.5 Å². The summed E-state index contributed by atoms with van der Waals surface area (Å²) in [6.45, 7) is 9.75. The lowest BCUT2D eigenvalue weighted by molar-refractivity contribution is -0.127. The van der Waals surface area contributed by atoms with E-state index in [0.29, 0.717) is 24.3 Å². The lowest BCUT2D eigenvalue weighted by atomic mass is 9.90. The second-order valence-electron chi connectivity index (χ2n) is 11.1. The number of carbonyl (C=O) groups excluding carboxylic acids is 1. The van der Waals surface area contributed by atoms with Crippen LogP contribution in [0.3, 0.4) is 0 Å². The minimum atomic E-state index is -0.0448. The van der Waals surface area contributed by atoms with Gasteiger partial charge in [0.15, 0.2) is 5.75 Å². The average Bonchev–Trinajstić information content (AvgIpc) is 3.60. The number of fused-ring (bicyclic) bond motifs is 2. The first-order chi connectivity index (χ1) is 19.9. The quantitative estimate of drug-likeness (QED) is 0.375. The third kappa shape index (κ3) is 4.65. The molecule has 11 nitrogen and oxygen atoms in total. The second-order valence-corrected chi connectivity index (χ2v) is 11.1. The Morgan fingerprint density at radius 1 is 1.17 bits per heavy atom. The second kappa shape index (κ2) is 10.2. The number of aryl methyl sites for hydroxylation is 2. The number of amides is 1. The summed E-state index contributed by atoms with van der Waals surface area (Å²) in [7, 11) is 1.91. The molecule has 4 aromatic rings. The van der Waals surface area contributed by atoms with E-state index >= 15 is 0 Å². The number of hydrogen-bond acceptors (Lipinski definition) is 8. The van der Waals surface area contributed by atoms with Gasteiger partial charge in [-0.05, 0) is 43.5 Å². The Bertz CT molecular complexity index is 1610. The molecular weight excluding hydrogens is 518 g/mol. The minimum Gasteiger partial charge on any atom is -0.485 e. The maximum absolute atomic E-state index is 12.9. The number of carbonyl (C=O) groups is 1. The number of aromatic nitrogens is 6. The molecule has 0 unspecified atom stereocenters. The van der Waals surface area contributed by atoms with Crippen molar-refractivity contribution < 1.29 is 9.53 Å². The molecule has 7 rings (SSSR count). The zero-order chi connectivity index (χ0) is 28.1. The van der Waals surface area contributed by atoms with Gasteiger partial charge in [0.05, 0.1) is 17.6 Å². The molecule has 210 valence electrons. The van der Waals surface area contributed by atoms with Gasteiger partial charge in [0.1, 0.15) is 18.1 Å². The van der Waals surface area contributed by atoms with Gasteiger partial charge in [-0.15, -0.1) is 0 Å². The van der Waals surface area contributed by atoms with Crippen molar-refractivity contribution in [3.63, 3.8) is 0 Å². The smallest absolute Gasteiger partial charge is 0.271 e. The van der Waals surface area contributed by atoms with Crippen LogP contribution in [0.25, 0.3) is 16.8 Å². The Hall–Kier alpha value is -4.51. The highest BCUT2D eigenvalue weighted by molar-refractivity contribution is 6.12. The molecule has 2 saturated heterocycles. The molecule has 0 saturated carbocycles. The zero-order valence-electron chi connectivity index (χ0n) is 23.3. The topological polar surface area (TPSA) is 106 Å². The van der Waals surface area contributed by atoms with Crippen LogP contribution in [-0.4, -0.2) is 77.5 Å². The summed E-state index contributed by atoms with van der Waals surface area (Å²) in [5.74, 6) is 1.89. The number of likely N-dealkylation sites (tertiary alicyclic amines) is 2. The summed E-state index contributed by atoms with van der Waals surface area (Å²) in [6.07, 6.45) is 11.0. The Balaban J connectivity index is 1.01. The van der Waals surface area contributed by atoms with Crippen molar-refractivity contribution in [3.8, 4) is 16.9 Å². The van der Waals surface area contributed by atoms with Crippen LogP contribution in [-0.2, 0) is 18.4 Å². The standard InChI is InChI=1S/C30H33N9O2/c1-19-28-27(35-29-25(18-41-28)24(5-9-31-29)21-14-33-36(3)15-21)13-26(34-19)22-16-38(17-22)23-6-11-37(12-7-23)30(40)20(2)39-10-4-8-32-39/h4-5,8-10,13-15,22-23H,2,6-7,11-12,16-18H2,1,3H3,(H,31,35). The monoisotopic (exact) mass is 551 g/mol. The van der Waals surface area contributed by atoms with E-state index in [1.165, 1.54) is 4.68 Å². The number of nitrogens with zero attached hydrogens (tertiary/aromatic N) is 8. The molecule has 41 heavy (non-hydrogen) atoms. The molecule has 11 heteroatoms. The average molecular weight is 552 g/mol. The molecule has 0 spiro atoms. The summed E-state index contributed by atoms with van der Waals surface area (Å²) in [4.78, 5) is 26.9. The van der Waals surface area contributed by atoms with Gasteiger partial charge in [-0.2, -0.15) is 10.2 Å². The van der Waals surface area contributed by atoms with Gasteiger partial charge >= 0.3 is 0 Å². The summed E-state index contributed by atoms with van der Waals surface area (Å²) in [6, 6.07) is 6.40. The van der Waals surface area contributed by atoms with E-state index in [9.17, 15) is 4.79 Å². The maximum Gasteiger partial charge on any atom is 0.271 e. The van der Waals surface area contributed by atoms with Crippen molar-refractivity contribution in [2.45, 2.75) is 38.3 Å². The fourth-order valence-corrected chi connectivity index (χ4v) is 6.16. The number of piperidine rings is 1. The molecule has 2 fully saturated rings. The van der Waals surface area contributed by atoms with Crippen molar-refractivity contribution in [3.05, 3.63) is 72.7 Å². The van der Waals surface area contributed by atoms with Gasteiger partial charge in [0, 0.05) is 86.8 Å². The first-order valence-corrected chi connectivity index (χ1v) is 14.0. The molecule has 4 aromatic heterocycles. The van der Waals surface area contributed by atoms with Gasteiger partial charge in [-0.3, -0.25) is 19.4 Å². The summed E-state index contributed by atoms with van der Waals surface area (Å²) in [5, 5.41) is 12.0. The van der Waals surface area contributed by atoms with E-state index in [1.54, 1.807) is 23.1 Å². The Labute approximate surface area is 238 Å². The lowest BCUT2D eigenvalue weighted by Gasteiger charge is -2.47. The Morgan fingerprint density at radius 3 is 2.73 bits per heavy atom. The van der Waals surface area contributed by atoms with Gasteiger partial charge in [0.25, 0.3) is 5.91 Å². The number of ether oxygens (including phenoxy) is 1. The molecule has 0 aliphatic carbocycles. The number of anilines is 2. The molecule has 0 bridgehead atoms. The molecule has 1 N–H and O–H groups in total. The van der Waals surface area contributed by atoms with Crippen LogP contribution in [0.1, 0.15) is 35.7 Å². The molecular formula is C30H33N9O2. The fourth-order valence-electron chi connectivity index (χ4n) is 6.16. The van der Waals surface area contributed by atoms with E-state index < -0.39 is 0 Å². The predicted molar refractivity (Wildman–Crippen MR) is 155 cm³/mol. The van der Waals surface area contributed by atoms with Crippen LogP contribution in [0.2, 0.25) is 0 Å². The third-order valence-electron chi connectivity index (χ3n) is 8.47. The van der Waals surface area contributed by atoms with Crippen molar-refractivity contribution in [2.24, 2.45) is 7.05 Å². The maximum atomic E-state index is 12.9. The SMILES string of the molecule is C=C(C(=O)N1CCC(N2CC(c3cc4c(c(C)n3)OCc3c(-c5cnn(C)c5)ccnc3N4)C2)CC1)n1cccn1. The van der Waals surface area contributed by atoms with E-state index in [0.717, 1.165) is 84.4 Å². The summed E-state index contributed by atoms with van der Waals surface area (Å²) >= 11 is 0. The van der Waals surface area contributed by atoms with Crippen LogP contribution in [0.5, 0.6) is 5.75 Å². The molecule has 3 aliphatic rings. The van der Waals surface area contributed by atoms with Crippen molar-refractivity contribution in [2.75, 3.05) is 31.5 Å². The van der Waals surface area contributed by atoms with E-state index in [4.69, 9.17) is 9.72 Å². The van der Waals surface area contributed by atoms with E-state index in [2.05, 4.69) is 38.0 Å². The molecule has 7 heterocycles. The number of pyridine rings is 2. The highest BCUT2D eigenvalue weighted by Gasteiger charge is 2.37.